The summed E-state index contributed by atoms with van der Waals surface area (Å²) in [5.74, 6) is -0.433. The predicted octanol–water partition coefficient (Wildman–Crippen LogP) is 10.5. The summed E-state index contributed by atoms with van der Waals surface area (Å²) in [6.07, 6.45) is 1.38. The van der Waals surface area contributed by atoms with Gasteiger partial charge in [0.1, 0.15) is 5.82 Å². The number of anilines is 2. The highest BCUT2D eigenvalue weighted by Crippen LogP contribution is 2.30. The highest BCUT2D eigenvalue weighted by atomic mass is 35.5. The molecular formula is C50H60ClFN6O4S4. The van der Waals surface area contributed by atoms with E-state index in [0.29, 0.717) is 68.6 Å². The lowest BCUT2D eigenvalue weighted by Crippen LogP contribution is -2.48. The van der Waals surface area contributed by atoms with Gasteiger partial charge in [0.05, 0.1) is 26.2 Å². The van der Waals surface area contributed by atoms with E-state index in [0.717, 1.165) is 44.8 Å². The van der Waals surface area contributed by atoms with Crippen molar-refractivity contribution in [3.63, 3.8) is 0 Å². The van der Waals surface area contributed by atoms with Crippen LogP contribution in [0, 0.1) is 19.7 Å². The van der Waals surface area contributed by atoms with Crippen molar-refractivity contribution in [2.45, 2.75) is 88.9 Å². The molecule has 2 fully saturated rings. The summed E-state index contributed by atoms with van der Waals surface area (Å²) in [6, 6.07) is 25.8. The molecule has 0 bridgehead atoms. The van der Waals surface area contributed by atoms with Gasteiger partial charge in [0.25, 0.3) is 0 Å². The molecule has 66 heavy (non-hydrogen) atoms. The third kappa shape index (κ3) is 12.1. The Morgan fingerprint density at radius 3 is 1.33 bits per heavy atom. The van der Waals surface area contributed by atoms with Crippen molar-refractivity contribution in [2.24, 2.45) is 0 Å². The molecule has 0 atom stereocenters. The van der Waals surface area contributed by atoms with Gasteiger partial charge < -0.3 is 9.80 Å². The lowest BCUT2D eigenvalue weighted by atomic mass is 9.87. The number of benzene rings is 4. The van der Waals surface area contributed by atoms with Gasteiger partial charge in [0.2, 0.25) is 20.0 Å². The Morgan fingerprint density at radius 1 is 0.561 bits per heavy atom. The van der Waals surface area contributed by atoms with Gasteiger partial charge in [-0.15, -0.1) is 22.7 Å². The van der Waals surface area contributed by atoms with E-state index in [-0.39, 0.29) is 15.9 Å². The number of hydrogen-bond donors (Lipinski definition) is 0. The highest BCUT2D eigenvalue weighted by Gasteiger charge is 2.31. The summed E-state index contributed by atoms with van der Waals surface area (Å²) in [5, 5.41) is 6.04. The van der Waals surface area contributed by atoms with Crippen LogP contribution >= 0.6 is 34.3 Å². The van der Waals surface area contributed by atoms with Crippen molar-refractivity contribution >= 4 is 64.6 Å². The Labute approximate surface area is 404 Å². The Bertz CT molecular complexity index is 2820. The highest BCUT2D eigenvalue weighted by molar-refractivity contribution is 7.89. The molecule has 10 nitrogen and oxygen atoms in total. The van der Waals surface area contributed by atoms with Crippen LogP contribution < -0.4 is 9.80 Å². The summed E-state index contributed by atoms with van der Waals surface area (Å²) in [5.41, 5.74) is 8.87. The SMILES string of the molecule is CC(C)(C)c1ccc(S(=O)(=O)N2CCN(c3nc(Cc4ccc(F)c(Cl)c4)cs3)CC2)cc1.Cc1cc(C)cc(Cc2csc(N3CCN(S(=O)(=O)c4ccc(C(C)(C)C)cc4)CC3)n2)c1. The summed E-state index contributed by atoms with van der Waals surface area (Å²) in [6.45, 7) is 21.1. The monoisotopic (exact) mass is 990 g/mol. The Hall–Kier alpha value is -4.22. The minimum absolute atomic E-state index is 0.00134. The van der Waals surface area contributed by atoms with E-state index in [2.05, 4.69) is 88.8 Å². The molecule has 8 rings (SSSR count). The quantitative estimate of drug-likeness (QED) is 0.134. The molecule has 2 saturated heterocycles. The van der Waals surface area contributed by atoms with Gasteiger partial charge >= 0.3 is 0 Å². The molecule has 0 radical (unpaired) electrons. The van der Waals surface area contributed by atoms with Gasteiger partial charge in [-0.3, -0.25) is 0 Å². The standard InChI is InChI=1S/C26H33N3O2S2.C24H27ClFN3O2S2/c1-19-14-20(2)16-21(15-19)17-23-18-32-25(27-23)28-10-12-29(13-11-28)33(30,31)24-8-6-22(7-9-24)26(3,4)5;1-24(2,3)18-5-7-20(8-6-18)33(30,31)29-12-10-28(11-13-29)23-27-19(16-32-23)14-17-4-9-22(26)21(25)15-17/h6-9,14-16,18H,10-13,17H2,1-5H3;4-9,15-16H,10-14H2,1-3H3. The first kappa shape index (κ1) is 49.7. The molecule has 2 aliphatic heterocycles. The van der Waals surface area contributed by atoms with Gasteiger partial charge in [-0.05, 0) is 83.3 Å². The molecule has 2 aliphatic rings. The topological polar surface area (TPSA) is 107 Å². The smallest absolute Gasteiger partial charge is 0.243 e. The van der Waals surface area contributed by atoms with E-state index in [1.54, 1.807) is 56.3 Å². The second kappa shape index (κ2) is 20.2. The lowest BCUT2D eigenvalue weighted by Gasteiger charge is -2.33. The molecule has 2 aromatic heterocycles. The van der Waals surface area contributed by atoms with Crippen LogP contribution in [0.1, 0.15) is 86.3 Å². The van der Waals surface area contributed by atoms with Crippen LogP contribution in [-0.4, -0.2) is 87.8 Å². The zero-order valence-electron chi connectivity index (χ0n) is 39.0. The number of nitrogens with zero attached hydrogens (tertiary/aromatic N) is 6. The van der Waals surface area contributed by atoms with Crippen LogP contribution in [0.2, 0.25) is 5.02 Å². The number of rotatable bonds is 10. The van der Waals surface area contributed by atoms with Crippen molar-refractivity contribution in [1.82, 2.24) is 18.6 Å². The second-order valence-corrected chi connectivity index (χ2v) is 25.1. The molecular weight excluding hydrogens is 931 g/mol. The Morgan fingerprint density at radius 2 is 0.955 bits per heavy atom. The van der Waals surface area contributed by atoms with Gasteiger partial charge in [-0.2, -0.15) is 8.61 Å². The van der Waals surface area contributed by atoms with Gasteiger partial charge in [-0.25, -0.2) is 31.2 Å². The molecule has 0 N–H and O–H groups in total. The number of aryl methyl sites for hydroxylation is 2. The van der Waals surface area contributed by atoms with Crippen LogP contribution in [0.25, 0.3) is 0 Å². The van der Waals surface area contributed by atoms with Gasteiger partial charge in [-0.1, -0.05) is 113 Å². The van der Waals surface area contributed by atoms with Gasteiger partial charge in [0, 0.05) is 76.0 Å². The largest absolute Gasteiger partial charge is 0.345 e. The first-order chi connectivity index (χ1) is 31.1. The van der Waals surface area contributed by atoms with Crippen LogP contribution in [0.5, 0.6) is 0 Å². The minimum atomic E-state index is -3.53. The van der Waals surface area contributed by atoms with E-state index in [1.807, 2.05) is 29.6 Å². The fourth-order valence-corrected chi connectivity index (χ4v) is 12.9. The average Bonchev–Trinajstić information content (AvgIpc) is 3.94. The molecule has 4 aromatic carbocycles. The zero-order valence-corrected chi connectivity index (χ0v) is 43.0. The molecule has 352 valence electrons. The zero-order chi connectivity index (χ0) is 47.6. The number of sulfonamides is 2. The first-order valence-corrected chi connectivity index (χ1v) is 27.2. The summed E-state index contributed by atoms with van der Waals surface area (Å²) < 4.78 is 69.0. The third-order valence-corrected chi connectivity index (χ3v) is 17.9. The average molecular weight is 992 g/mol. The van der Waals surface area contributed by atoms with E-state index in [9.17, 15) is 21.2 Å². The van der Waals surface area contributed by atoms with Crippen LogP contribution in [-0.2, 0) is 43.7 Å². The van der Waals surface area contributed by atoms with Gasteiger partial charge in [0.15, 0.2) is 10.3 Å². The maximum Gasteiger partial charge on any atom is 0.243 e. The fourth-order valence-electron chi connectivity index (χ4n) is 8.08. The van der Waals surface area contributed by atoms with Crippen molar-refractivity contribution in [3.05, 3.63) is 151 Å². The maximum atomic E-state index is 13.4. The van der Waals surface area contributed by atoms with Crippen molar-refractivity contribution in [3.8, 4) is 0 Å². The van der Waals surface area contributed by atoms with E-state index < -0.39 is 25.9 Å². The van der Waals surface area contributed by atoms with Crippen LogP contribution in [0.15, 0.2) is 105 Å². The van der Waals surface area contributed by atoms with Crippen molar-refractivity contribution < 1.29 is 21.2 Å². The fraction of sp³-hybridized carbons (Fsp3) is 0.400. The second-order valence-electron chi connectivity index (χ2n) is 19.2. The summed E-state index contributed by atoms with van der Waals surface area (Å²) in [4.78, 5) is 14.6. The molecule has 0 spiro atoms. The molecule has 0 aliphatic carbocycles. The Balaban J connectivity index is 0.000000196. The molecule has 4 heterocycles. The minimum Gasteiger partial charge on any atom is -0.345 e. The molecule has 0 saturated carbocycles. The van der Waals surface area contributed by atoms with E-state index >= 15 is 0 Å². The van der Waals surface area contributed by atoms with Crippen molar-refractivity contribution in [1.29, 1.82) is 0 Å². The number of thiazole rings is 2. The summed E-state index contributed by atoms with van der Waals surface area (Å²) >= 11 is 9.05. The number of aromatic nitrogens is 2. The number of halogens is 2. The van der Waals surface area contributed by atoms with Crippen LogP contribution in [0.4, 0.5) is 14.7 Å². The van der Waals surface area contributed by atoms with Crippen molar-refractivity contribution in [2.75, 3.05) is 62.2 Å². The maximum absolute atomic E-state index is 13.4. The number of piperazine rings is 2. The molecule has 0 amide bonds. The van der Waals surface area contributed by atoms with E-state index in [1.165, 1.54) is 34.1 Å². The normalized spacial score (nSPS) is 15.7. The predicted molar refractivity (Wildman–Crippen MR) is 269 cm³/mol. The summed E-state index contributed by atoms with van der Waals surface area (Å²) in [7, 11) is -7.01. The van der Waals surface area contributed by atoms with E-state index in [4.69, 9.17) is 21.6 Å². The first-order valence-electron chi connectivity index (χ1n) is 22.2. The molecule has 6 aromatic rings. The Kier molecular flexibility index (Phi) is 15.2. The lowest BCUT2D eigenvalue weighted by molar-refractivity contribution is 0.384. The molecule has 0 unspecified atom stereocenters. The third-order valence-electron chi connectivity index (χ3n) is 11.8. The number of hydrogen-bond acceptors (Lipinski definition) is 10. The van der Waals surface area contributed by atoms with Crippen LogP contribution in [0.3, 0.4) is 0 Å². The molecule has 16 heteroatoms.